The van der Waals surface area contributed by atoms with Gasteiger partial charge >= 0.3 is 0 Å². The predicted octanol–water partition coefficient (Wildman–Crippen LogP) is 1.19. The molecule has 96 valence electrons. The Morgan fingerprint density at radius 3 is 2.88 bits per heavy atom. The average molecular weight is 239 g/mol. The van der Waals surface area contributed by atoms with Crippen LogP contribution in [0.25, 0.3) is 0 Å². The first kappa shape index (κ1) is 11.5. The first-order valence-corrected chi connectivity index (χ1v) is 6.77. The number of likely N-dealkylation sites (tertiary alicyclic amines) is 1. The predicted molar refractivity (Wildman–Crippen MR) is 62.7 cm³/mol. The Labute approximate surface area is 102 Å². The van der Waals surface area contributed by atoms with E-state index in [0.29, 0.717) is 0 Å². The molecular weight excluding hydrogens is 218 g/mol. The summed E-state index contributed by atoms with van der Waals surface area (Å²) in [6.07, 6.45) is 5.22. The van der Waals surface area contributed by atoms with Gasteiger partial charge in [-0.3, -0.25) is 4.79 Å². The van der Waals surface area contributed by atoms with Gasteiger partial charge in [-0.1, -0.05) is 0 Å². The lowest BCUT2D eigenvalue weighted by molar-refractivity contribution is -0.140. The zero-order valence-electron chi connectivity index (χ0n) is 10.3. The Hall–Kier alpha value is -0.610. The Kier molecular flexibility index (Phi) is 3.09. The first-order chi connectivity index (χ1) is 8.29. The second-order valence-electron chi connectivity index (χ2n) is 5.67. The number of hydrogen-bond donors (Lipinski definition) is 0. The molecule has 0 aromatic heterocycles. The van der Waals surface area contributed by atoms with Crippen molar-refractivity contribution in [2.75, 3.05) is 32.9 Å². The molecule has 3 aliphatic heterocycles. The van der Waals surface area contributed by atoms with Gasteiger partial charge in [-0.05, 0) is 32.1 Å². The molecular formula is C13H21NO3. The SMILES string of the molecule is O=C([C@@H]1CCCO1)N1CC[C@@]2(CCCOC2)C1. The highest BCUT2D eigenvalue weighted by Gasteiger charge is 2.43. The minimum atomic E-state index is -0.158. The van der Waals surface area contributed by atoms with E-state index in [1.165, 1.54) is 6.42 Å². The molecule has 0 unspecified atom stereocenters. The molecule has 3 aliphatic rings. The summed E-state index contributed by atoms with van der Waals surface area (Å²) >= 11 is 0. The van der Waals surface area contributed by atoms with Gasteiger partial charge in [0.15, 0.2) is 0 Å². The lowest BCUT2D eigenvalue weighted by Crippen LogP contribution is -2.41. The van der Waals surface area contributed by atoms with E-state index in [-0.39, 0.29) is 17.4 Å². The molecule has 3 fully saturated rings. The maximum atomic E-state index is 12.2. The van der Waals surface area contributed by atoms with Crippen LogP contribution >= 0.6 is 0 Å². The Balaban J connectivity index is 1.60. The number of rotatable bonds is 1. The maximum absolute atomic E-state index is 12.2. The number of ether oxygens (including phenoxy) is 2. The van der Waals surface area contributed by atoms with Gasteiger partial charge < -0.3 is 14.4 Å². The van der Waals surface area contributed by atoms with Gasteiger partial charge in [0.1, 0.15) is 6.10 Å². The summed E-state index contributed by atoms with van der Waals surface area (Å²) in [4.78, 5) is 14.2. The van der Waals surface area contributed by atoms with Crippen LogP contribution in [0.4, 0.5) is 0 Å². The molecule has 0 aromatic rings. The molecule has 0 aromatic carbocycles. The number of nitrogens with zero attached hydrogens (tertiary/aromatic N) is 1. The van der Waals surface area contributed by atoms with Crippen LogP contribution < -0.4 is 0 Å². The zero-order valence-corrected chi connectivity index (χ0v) is 10.3. The minimum Gasteiger partial charge on any atom is -0.381 e. The van der Waals surface area contributed by atoms with Crippen LogP contribution in [-0.4, -0.2) is 49.8 Å². The van der Waals surface area contributed by atoms with Gasteiger partial charge in [-0.25, -0.2) is 0 Å². The molecule has 0 bridgehead atoms. The molecule has 1 amide bonds. The van der Waals surface area contributed by atoms with Crippen molar-refractivity contribution in [1.29, 1.82) is 0 Å². The highest BCUT2D eigenvalue weighted by molar-refractivity contribution is 5.81. The molecule has 3 heterocycles. The number of hydrogen-bond acceptors (Lipinski definition) is 3. The first-order valence-electron chi connectivity index (χ1n) is 6.77. The van der Waals surface area contributed by atoms with E-state index >= 15 is 0 Å². The topological polar surface area (TPSA) is 38.8 Å². The Bertz CT molecular complexity index is 293. The largest absolute Gasteiger partial charge is 0.381 e. The van der Waals surface area contributed by atoms with E-state index in [0.717, 1.165) is 58.6 Å². The van der Waals surface area contributed by atoms with E-state index in [1.807, 2.05) is 4.90 Å². The van der Waals surface area contributed by atoms with Crippen molar-refractivity contribution < 1.29 is 14.3 Å². The molecule has 3 saturated heterocycles. The third-order valence-electron chi connectivity index (χ3n) is 4.36. The Morgan fingerprint density at radius 1 is 1.24 bits per heavy atom. The van der Waals surface area contributed by atoms with Crippen LogP contribution in [0.15, 0.2) is 0 Å². The summed E-state index contributed by atoms with van der Waals surface area (Å²) in [7, 11) is 0. The molecule has 0 radical (unpaired) electrons. The summed E-state index contributed by atoms with van der Waals surface area (Å²) in [5.41, 5.74) is 0.256. The molecule has 4 nitrogen and oxygen atoms in total. The van der Waals surface area contributed by atoms with Gasteiger partial charge in [0.05, 0.1) is 6.61 Å². The number of carbonyl (C=O) groups excluding carboxylic acids is 1. The van der Waals surface area contributed by atoms with Crippen LogP contribution in [0.2, 0.25) is 0 Å². The van der Waals surface area contributed by atoms with Crippen LogP contribution in [0.1, 0.15) is 32.1 Å². The molecule has 4 heteroatoms. The standard InChI is InChI=1S/C13H21NO3/c15-12(11-3-1-8-17-11)14-6-5-13(9-14)4-2-7-16-10-13/h11H,1-10H2/t11-,13-/m0/s1. The average Bonchev–Trinajstić information content (AvgIpc) is 2.99. The fourth-order valence-corrected chi connectivity index (χ4v) is 3.33. The van der Waals surface area contributed by atoms with Crippen LogP contribution in [0.5, 0.6) is 0 Å². The number of carbonyl (C=O) groups is 1. The third kappa shape index (κ3) is 2.20. The van der Waals surface area contributed by atoms with Gasteiger partial charge in [-0.15, -0.1) is 0 Å². The number of amides is 1. The fourth-order valence-electron chi connectivity index (χ4n) is 3.33. The maximum Gasteiger partial charge on any atom is 0.251 e. The summed E-state index contributed by atoms with van der Waals surface area (Å²) < 4.78 is 11.1. The highest BCUT2D eigenvalue weighted by Crippen LogP contribution is 2.38. The fraction of sp³-hybridized carbons (Fsp3) is 0.923. The normalized spacial score (nSPS) is 37.9. The second-order valence-corrected chi connectivity index (χ2v) is 5.67. The smallest absolute Gasteiger partial charge is 0.251 e. The highest BCUT2D eigenvalue weighted by atomic mass is 16.5. The van der Waals surface area contributed by atoms with Crippen molar-refractivity contribution in [3.05, 3.63) is 0 Å². The van der Waals surface area contributed by atoms with E-state index in [4.69, 9.17) is 9.47 Å². The van der Waals surface area contributed by atoms with Crippen molar-refractivity contribution in [2.24, 2.45) is 5.41 Å². The van der Waals surface area contributed by atoms with E-state index < -0.39 is 0 Å². The van der Waals surface area contributed by atoms with E-state index in [1.54, 1.807) is 0 Å². The lowest BCUT2D eigenvalue weighted by Gasteiger charge is -2.33. The molecule has 0 saturated carbocycles. The third-order valence-corrected chi connectivity index (χ3v) is 4.36. The molecule has 0 N–H and O–H groups in total. The second kappa shape index (κ2) is 4.58. The van der Waals surface area contributed by atoms with Gasteiger partial charge in [0.25, 0.3) is 5.91 Å². The Morgan fingerprint density at radius 2 is 2.18 bits per heavy atom. The molecule has 1 spiro atoms. The summed E-state index contributed by atoms with van der Waals surface area (Å²) in [5, 5.41) is 0. The van der Waals surface area contributed by atoms with Crippen molar-refractivity contribution >= 4 is 5.91 Å². The van der Waals surface area contributed by atoms with Crippen LogP contribution in [0, 0.1) is 5.41 Å². The van der Waals surface area contributed by atoms with Gasteiger partial charge in [0, 0.05) is 31.7 Å². The van der Waals surface area contributed by atoms with Crippen LogP contribution in [-0.2, 0) is 14.3 Å². The monoisotopic (exact) mass is 239 g/mol. The van der Waals surface area contributed by atoms with Crippen molar-refractivity contribution in [1.82, 2.24) is 4.90 Å². The molecule has 3 rings (SSSR count). The summed E-state index contributed by atoms with van der Waals surface area (Å²) in [6, 6.07) is 0. The van der Waals surface area contributed by atoms with E-state index in [9.17, 15) is 4.79 Å². The minimum absolute atomic E-state index is 0.158. The molecule has 2 atom stereocenters. The molecule has 0 aliphatic carbocycles. The van der Waals surface area contributed by atoms with Crippen molar-refractivity contribution in [3.63, 3.8) is 0 Å². The van der Waals surface area contributed by atoms with Gasteiger partial charge in [-0.2, -0.15) is 0 Å². The van der Waals surface area contributed by atoms with Crippen LogP contribution in [0.3, 0.4) is 0 Å². The summed E-state index contributed by atoms with van der Waals surface area (Å²) in [5.74, 6) is 0.213. The van der Waals surface area contributed by atoms with Crippen molar-refractivity contribution in [2.45, 2.75) is 38.2 Å². The van der Waals surface area contributed by atoms with E-state index in [2.05, 4.69) is 0 Å². The van der Waals surface area contributed by atoms with Crippen molar-refractivity contribution in [3.8, 4) is 0 Å². The quantitative estimate of drug-likeness (QED) is 0.690. The molecule has 17 heavy (non-hydrogen) atoms. The zero-order chi connectivity index (χ0) is 11.7. The lowest BCUT2D eigenvalue weighted by atomic mass is 9.82. The van der Waals surface area contributed by atoms with Gasteiger partial charge in [0.2, 0.25) is 0 Å². The summed E-state index contributed by atoms with van der Waals surface area (Å²) in [6.45, 7) is 4.25.